The molecule has 5 nitrogen and oxygen atoms in total. The summed E-state index contributed by atoms with van der Waals surface area (Å²) in [4.78, 5) is 12.0. The van der Waals surface area contributed by atoms with E-state index in [1.54, 1.807) is 13.0 Å². The minimum Gasteiger partial charge on any atom is -0.480 e. The Morgan fingerprint density at radius 2 is 2.06 bits per heavy atom. The second-order valence-corrected chi connectivity index (χ2v) is 7.25. The van der Waals surface area contributed by atoms with Crippen LogP contribution in [0.4, 0.5) is 0 Å². The van der Waals surface area contributed by atoms with Gasteiger partial charge in [-0.25, -0.2) is 8.42 Å². The lowest BCUT2D eigenvalue weighted by atomic mass is 10.0. The van der Waals surface area contributed by atoms with Gasteiger partial charge in [0.1, 0.15) is 9.75 Å². The molecule has 1 atom stereocenters. The van der Waals surface area contributed by atoms with Gasteiger partial charge in [-0.3, -0.25) is 4.79 Å². The van der Waals surface area contributed by atoms with E-state index in [1.165, 1.54) is 13.0 Å². The van der Waals surface area contributed by atoms with Gasteiger partial charge < -0.3 is 5.11 Å². The Hall–Kier alpha value is -0.920. The normalized spacial score (nSPS) is 15.3. The summed E-state index contributed by atoms with van der Waals surface area (Å²) in [5, 5.41) is 9.07. The van der Waals surface area contributed by atoms with Crippen molar-refractivity contribution in [1.82, 2.24) is 4.72 Å². The van der Waals surface area contributed by atoms with Gasteiger partial charge in [0.2, 0.25) is 0 Å². The number of hydrogen-bond acceptors (Lipinski definition) is 4. The molecule has 1 unspecified atom stereocenters. The molecule has 0 spiro atoms. The molecule has 1 aromatic rings. The molecule has 1 rings (SSSR count). The second kappa shape index (κ2) is 5.38. The Bertz CT molecular complexity index is 535. The highest BCUT2D eigenvalue weighted by molar-refractivity contribution is 7.91. The minimum atomic E-state index is -3.78. The van der Waals surface area contributed by atoms with Crippen LogP contribution in [0.15, 0.2) is 16.3 Å². The van der Waals surface area contributed by atoms with Crippen molar-refractivity contribution < 1.29 is 18.3 Å². The van der Waals surface area contributed by atoms with Crippen molar-refractivity contribution in [2.24, 2.45) is 0 Å². The van der Waals surface area contributed by atoms with Crippen LogP contribution in [-0.2, 0) is 21.2 Å². The maximum atomic E-state index is 12.1. The van der Waals surface area contributed by atoms with Gasteiger partial charge >= 0.3 is 5.97 Å². The number of aryl methyl sites for hydroxylation is 1. The monoisotopic (exact) mass is 291 g/mol. The fraction of sp³-hybridized carbons (Fsp3) is 0.545. The van der Waals surface area contributed by atoms with Gasteiger partial charge in [0.25, 0.3) is 10.0 Å². The van der Waals surface area contributed by atoms with E-state index in [-0.39, 0.29) is 10.6 Å². The summed E-state index contributed by atoms with van der Waals surface area (Å²) in [5.74, 6) is -1.18. The SMILES string of the molecule is CCc1ccc(S(=O)(=O)NC(C)(CC)C(=O)O)s1. The maximum Gasteiger partial charge on any atom is 0.324 e. The first-order valence-electron chi connectivity index (χ1n) is 5.61. The number of sulfonamides is 1. The Morgan fingerprint density at radius 1 is 1.44 bits per heavy atom. The number of nitrogens with one attached hydrogen (secondary N) is 1. The fourth-order valence-electron chi connectivity index (χ4n) is 1.31. The number of aliphatic carboxylic acids is 1. The van der Waals surface area contributed by atoms with Crippen LogP contribution in [-0.4, -0.2) is 25.0 Å². The van der Waals surface area contributed by atoms with E-state index in [0.29, 0.717) is 0 Å². The summed E-state index contributed by atoms with van der Waals surface area (Å²) in [5.41, 5.74) is -1.48. The summed E-state index contributed by atoms with van der Waals surface area (Å²) in [6, 6.07) is 3.24. The highest BCUT2D eigenvalue weighted by atomic mass is 32.2. The number of carbonyl (C=O) groups is 1. The van der Waals surface area contributed by atoms with Gasteiger partial charge in [-0.2, -0.15) is 4.72 Å². The molecule has 0 aromatic carbocycles. The van der Waals surface area contributed by atoms with Crippen molar-refractivity contribution in [2.75, 3.05) is 0 Å². The van der Waals surface area contributed by atoms with Crippen LogP contribution in [0.1, 0.15) is 32.1 Å². The second-order valence-electron chi connectivity index (χ2n) is 4.17. The molecule has 102 valence electrons. The molecule has 2 N–H and O–H groups in total. The van der Waals surface area contributed by atoms with Crippen LogP contribution >= 0.6 is 11.3 Å². The van der Waals surface area contributed by atoms with Crippen molar-refractivity contribution in [3.8, 4) is 0 Å². The number of carboxylic acids is 1. The highest BCUT2D eigenvalue weighted by Crippen LogP contribution is 2.24. The summed E-state index contributed by atoms with van der Waals surface area (Å²) < 4.78 is 26.6. The Labute approximate surface area is 111 Å². The summed E-state index contributed by atoms with van der Waals surface area (Å²) in [6.07, 6.45) is 0.928. The number of carboxylic acid groups (broad SMARTS) is 1. The van der Waals surface area contributed by atoms with Gasteiger partial charge in [-0.1, -0.05) is 13.8 Å². The molecule has 0 saturated carbocycles. The van der Waals surface area contributed by atoms with Crippen LogP contribution in [0, 0.1) is 0 Å². The number of hydrogen-bond donors (Lipinski definition) is 2. The predicted molar refractivity (Wildman–Crippen MR) is 70.4 cm³/mol. The van der Waals surface area contributed by atoms with Crippen molar-refractivity contribution in [3.63, 3.8) is 0 Å². The third-order valence-corrected chi connectivity index (χ3v) is 6.11. The van der Waals surface area contributed by atoms with Crippen molar-refractivity contribution in [2.45, 2.75) is 43.4 Å². The molecular formula is C11H17NO4S2. The van der Waals surface area contributed by atoms with E-state index in [4.69, 9.17) is 5.11 Å². The van der Waals surface area contributed by atoms with Gasteiger partial charge in [0, 0.05) is 4.88 Å². The third-order valence-electron chi connectivity index (χ3n) is 2.79. The lowest BCUT2D eigenvalue weighted by molar-refractivity contribution is -0.143. The molecule has 0 radical (unpaired) electrons. The van der Waals surface area contributed by atoms with Gasteiger partial charge in [-0.15, -0.1) is 11.3 Å². The van der Waals surface area contributed by atoms with E-state index < -0.39 is 21.5 Å². The van der Waals surface area contributed by atoms with E-state index in [1.807, 2.05) is 6.92 Å². The van der Waals surface area contributed by atoms with Crippen molar-refractivity contribution in [3.05, 3.63) is 17.0 Å². The molecule has 0 saturated heterocycles. The molecule has 0 fully saturated rings. The van der Waals surface area contributed by atoms with Crippen LogP contribution in [0.3, 0.4) is 0 Å². The van der Waals surface area contributed by atoms with Crippen LogP contribution < -0.4 is 4.72 Å². The highest BCUT2D eigenvalue weighted by Gasteiger charge is 2.36. The fourth-order valence-corrected chi connectivity index (χ4v) is 4.04. The lowest BCUT2D eigenvalue weighted by Gasteiger charge is -2.23. The molecule has 0 aliphatic heterocycles. The Kier molecular flexibility index (Phi) is 4.52. The van der Waals surface area contributed by atoms with E-state index >= 15 is 0 Å². The standard InChI is InChI=1S/C11H17NO4S2/c1-4-8-6-7-9(17-8)18(15,16)12-11(3,5-2)10(13)14/h6-7,12H,4-5H2,1-3H3,(H,13,14). The molecule has 1 aromatic heterocycles. The van der Waals surface area contributed by atoms with Crippen LogP contribution in [0.2, 0.25) is 0 Å². The Morgan fingerprint density at radius 3 is 2.44 bits per heavy atom. The first-order chi connectivity index (χ1) is 8.25. The molecule has 0 aliphatic rings. The largest absolute Gasteiger partial charge is 0.480 e. The van der Waals surface area contributed by atoms with Gasteiger partial charge in [0.05, 0.1) is 0 Å². The lowest BCUT2D eigenvalue weighted by Crippen LogP contribution is -2.51. The van der Waals surface area contributed by atoms with Crippen LogP contribution in [0.25, 0.3) is 0 Å². The number of rotatable bonds is 6. The summed E-state index contributed by atoms with van der Waals surface area (Å²) in [6.45, 7) is 4.92. The minimum absolute atomic E-state index is 0.153. The zero-order chi connectivity index (χ0) is 14.0. The third kappa shape index (κ3) is 3.09. The zero-order valence-corrected chi connectivity index (χ0v) is 12.2. The molecule has 1 heterocycles. The van der Waals surface area contributed by atoms with Crippen molar-refractivity contribution in [1.29, 1.82) is 0 Å². The van der Waals surface area contributed by atoms with Gasteiger partial charge in [-0.05, 0) is 31.9 Å². The first-order valence-corrected chi connectivity index (χ1v) is 7.91. The van der Waals surface area contributed by atoms with Crippen molar-refractivity contribution >= 4 is 27.3 Å². The predicted octanol–water partition coefficient (Wildman–Crippen LogP) is 1.84. The molecular weight excluding hydrogens is 274 g/mol. The number of thiophene rings is 1. The topological polar surface area (TPSA) is 83.5 Å². The summed E-state index contributed by atoms with van der Waals surface area (Å²) in [7, 11) is -3.78. The molecule has 7 heteroatoms. The van der Waals surface area contributed by atoms with Gasteiger partial charge in [0.15, 0.2) is 0 Å². The zero-order valence-electron chi connectivity index (χ0n) is 10.6. The van der Waals surface area contributed by atoms with E-state index in [9.17, 15) is 13.2 Å². The quantitative estimate of drug-likeness (QED) is 0.837. The average molecular weight is 291 g/mol. The molecule has 0 aliphatic carbocycles. The van der Waals surface area contributed by atoms with Crippen LogP contribution in [0.5, 0.6) is 0 Å². The molecule has 18 heavy (non-hydrogen) atoms. The van der Waals surface area contributed by atoms with E-state index in [2.05, 4.69) is 4.72 Å². The molecule has 0 bridgehead atoms. The first kappa shape index (κ1) is 15.1. The maximum absolute atomic E-state index is 12.1. The molecule has 0 amide bonds. The Balaban J connectivity index is 3.05. The smallest absolute Gasteiger partial charge is 0.324 e. The summed E-state index contributed by atoms with van der Waals surface area (Å²) >= 11 is 1.16. The average Bonchev–Trinajstić information content (AvgIpc) is 2.77. The van der Waals surface area contributed by atoms with E-state index in [0.717, 1.165) is 22.6 Å².